The van der Waals surface area contributed by atoms with E-state index in [1.54, 1.807) is 12.1 Å². The Hall–Kier alpha value is -2.84. The molecule has 4 rings (SSSR count). The average molecular weight is 454 g/mol. The molecule has 0 unspecified atom stereocenters. The molecule has 6 nitrogen and oxygen atoms in total. The monoisotopic (exact) mass is 453 g/mol. The van der Waals surface area contributed by atoms with Crippen LogP contribution in [-0.4, -0.2) is 59.4 Å². The number of amides is 1. The van der Waals surface area contributed by atoms with E-state index in [1.165, 1.54) is 29.2 Å². The molecule has 1 aliphatic heterocycles. The van der Waals surface area contributed by atoms with Gasteiger partial charge < -0.3 is 10.2 Å². The summed E-state index contributed by atoms with van der Waals surface area (Å²) in [6.07, 6.45) is 1.91. The highest BCUT2D eigenvalue weighted by Gasteiger charge is 2.20. The van der Waals surface area contributed by atoms with Gasteiger partial charge in [-0.25, -0.2) is 9.37 Å². The van der Waals surface area contributed by atoms with Gasteiger partial charge in [-0.3, -0.25) is 9.69 Å². The standard InChI is InChI=1S/C24H28FN5OS/c25-21-9-6-20(7-10-21)18-22-27-24(32-28-22)30-16-14-29(15-17-30)13-12-26-23(31)11-8-19-4-2-1-3-5-19/h1-7,9-10H,8,11-18H2,(H,26,31). The van der Waals surface area contributed by atoms with E-state index in [0.29, 0.717) is 19.4 Å². The van der Waals surface area contributed by atoms with Crippen molar-refractivity contribution in [3.63, 3.8) is 0 Å². The van der Waals surface area contributed by atoms with Crippen molar-refractivity contribution in [2.75, 3.05) is 44.2 Å². The molecule has 2 heterocycles. The maximum absolute atomic E-state index is 13.1. The third kappa shape index (κ3) is 6.58. The van der Waals surface area contributed by atoms with E-state index in [-0.39, 0.29) is 11.7 Å². The fraction of sp³-hybridized carbons (Fsp3) is 0.375. The molecule has 0 spiro atoms. The van der Waals surface area contributed by atoms with E-state index in [9.17, 15) is 9.18 Å². The third-order valence-electron chi connectivity index (χ3n) is 5.61. The molecule has 168 valence electrons. The predicted molar refractivity (Wildman–Crippen MR) is 126 cm³/mol. The van der Waals surface area contributed by atoms with E-state index in [0.717, 1.165) is 55.7 Å². The Labute approximate surface area is 192 Å². The van der Waals surface area contributed by atoms with Crippen LogP contribution >= 0.6 is 11.5 Å². The fourth-order valence-corrected chi connectivity index (χ4v) is 4.47. The zero-order valence-corrected chi connectivity index (χ0v) is 18.9. The van der Waals surface area contributed by atoms with Gasteiger partial charge in [0.25, 0.3) is 0 Å². The first-order valence-electron chi connectivity index (χ1n) is 11.0. The van der Waals surface area contributed by atoms with Crippen molar-refractivity contribution in [2.45, 2.75) is 19.3 Å². The van der Waals surface area contributed by atoms with Crippen molar-refractivity contribution in [1.82, 2.24) is 19.6 Å². The first kappa shape index (κ1) is 22.4. The first-order chi connectivity index (χ1) is 15.7. The molecule has 0 atom stereocenters. The molecule has 1 aliphatic rings. The number of nitrogens with one attached hydrogen (secondary N) is 1. The minimum absolute atomic E-state index is 0.107. The molecule has 1 saturated heterocycles. The van der Waals surface area contributed by atoms with E-state index >= 15 is 0 Å². The van der Waals surface area contributed by atoms with Crippen molar-refractivity contribution in [2.24, 2.45) is 0 Å². The predicted octanol–water partition coefficient (Wildman–Crippen LogP) is 3.14. The Bertz CT molecular complexity index is 987. The number of halogens is 1. The fourth-order valence-electron chi connectivity index (χ4n) is 3.74. The zero-order chi connectivity index (χ0) is 22.2. The Morgan fingerprint density at radius 3 is 2.50 bits per heavy atom. The highest BCUT2D eigenvalue weighted by molar-refractivity contribution is 7.09. The summed E-state index contributed by atoms with van der Waals surface area (Å²) in [5.41, 5.74) is 2.20. The van der Waals surface area contributed by atoms with Crippen LogP contribution in [0.2, 0.25) is 0 Å². The molecule has 1 fully saturated rings. The van der Waals surface area contributed by atoms with Crippen molar-refractivity contribution in [3.05, 3.63) is 77.4 Å². The quantitative estimate of drug-likeness (QED) is 0.539. The van der Waals surface area contributed by atoms with Crippen molar-refractivity contribution in [1.29, 1.82) is 0 Å². The minimum Gasteiger partial charge on any atom is -0.355 e. The molecule has 0 saturated carbocycles. The Morgan fingerprint density at radius 1 is 1.00 bits per heavy atom. The molecular weight excluding hydrogens is 425 g/mol. The van der Waals surface area contributed by atoms with Crippen LogP contribution in [0.3, 0.4) is 0 Å². The molecule has 1 N–H and O–H groups in total. The summed E-state index contributed by atoms with van der Waals surface area (Å²) < 4.78 is 17.5. The lowest BCUT2D eigenvalue weighted by Crippen LogP contribution is -2.48. The summed E-state index contributed by atoms with van der Waals surface area (Å²) >= 11 is 1.42. The number of carbonyl (C=O) groups is 1. The number of anilines is 1. The van der Waals surface area contributed by atoms with Gasteiger partial charge in [-0.15, -0.1) is 0 Å². The van der Waals surface area contributed by atoms with Crippen LogP contribution in [-0.2, 0) is 17.6 Å². The number of nitrogens with zero attached hydrogens (tertiary/aromatic N) is 4. The summed E-state index contributed by atoms with van der Waals surface area (Å²) in [6, 6.07) is 16.6. The summed E-state index contributed by atoms with van der Waals surface area (Å²) in [4.78, 5) is 21.4. The molecule has 32 heavy (non-hydrogen) atoms. The van der Waals surface area contributed by atoms with Crippen LogP contribution in [0.4, 0.5) is 9.52 Å². The number of aryl methyl sites for hydroxylation is 1. The topological polar surface area (TPSA) is 61.4 Å². The number of benzene rings is 2. The van der Waals surface area contributed by atoms with Crippen LogP contribution in [0.1, 0.15) is 23.4 Å². The number of rotatable bonds is 9. The molecular formula is C24H28FN5OS. The van der Waals surface area contributed by atoms with Gasteiger partial charge in [0, 0.05) is 63.6 Å². The van der Waals surface area contributed by atoms with E-state index in [1.807, 2.05) is 18.2 Å². The number of carbonyl (C=O) groups excluding carboxylic acids is 1. The highest BCUT2D eigenvalue weighted by Crippen LogP contribution is 2.20. The van der Waals surface area contributed by atoms with Crippen molar-refractivity contribution >= 4 is 22.6 Å². The smallest absolute Gasteiger partial charge is 0.220 e. The summed E-state index contributed by atoms with van der Waals surface area (Å²) in [7, 11) is 0. The number of piperazine rings is 1. The number of hydrogen-bond donors (Lipinski definition) is 1. The van der Waals surface area contributed by atoms with Crippen LogP contribution in [0.25, 0.3) is 0 Å². The van der Waals surface area contributed by atoms with E-state index < -0.39 is 0 Å². The molecule has 8 heteroatoms. The Kier molecular flexibility index (Phi) is 7.79. The first-order valence-corrected chi connectivity index (χ1v) is 11.8. The third-order valence-corrected chi connectivity index (χ3v) is 6.42. The van der Waals surface area contributed by atoms with Gasteiger partial charge in [0.05, 0.1) is 0 Å². The Balaban J connectivity index is 1.14. The van der Waals surface area contributed by atoms with Crippen molar-refractivity contribution in [3.8, 4) is 0 Å². The van der Waals surface area contributed by atoms with Crippen LogP contribution in [0.5, 0.6) is 0 Å². The lowest BCUT2D eigenvalue weighted by atomic mass is 10.1. The largest absolute Gasteiger partial charge is 0.355 e. The molecule has 1 amide bonds. The Morgan fingerprint density at radius 2 is 1.75 bits per heavy atom. The number of aromatic nitrogens is 2. The second-order valence-corrected chi connectivity index (χ2v) is 8.69. The molecule has 0 radical (unpaired) electrons. The summed E-state index contributed by atoms with van der Waals surface area (Å²) in [5, 5.41) is 3.98. The summed E-state index contributed by atoms with van der Waals surface area (Å²) in [6.45, 7) is 5.20. The van der Waals surface area contributed by atoms with Gasteiger partial charge in [-0.05, 0) is 29.7 Å². The normalized spacial score (nSPS) is 14.5. The van der Waals surface area contributed by atoms with E-state index in [2.05, 4.69) is 36.6 Å². The molecule has 2 aromatic carbocycles. The lowest BCUT2D eigenvalue weighted by molar-refractivity contribution is -0.121. The van der Waals surface area contributed by atoms with Gasteiger partial charge in [0.15, 0.2) is 0 Å². The van der Waals surface area contributed by atoms with Crippen molar-refractivity contribution < 1.29 is 9.18 Å². The van der Waals surface area contributed by atoms with Gasteiger partial charge in [0.2, 0.25) is 11.0 Å². The van der Waals surface area contributed by atoms with Crippen LogP contribution in [0, 0.1) is 5.82 Å². The molecule has 0 aliphatic carbocycles. The average Bonchev–Trinajstić information content (AvgIpc) is 3.29. The molecule has 0 bridgehead atoms. The second-order valence-electron chi connectivity index (χ2n) is 7.96. The number of hydrogen-bond acceptors (Lipinski definition) is 6. The highest BCUT2D eigenvalue weighted by atomic mass is 32.1. The minimum atomic E-state index is -0.231. The van der Waals surface area contributed by atoms with Gasteiger partial charge in [-0.2, -0.15) is 4.37 Å². The van der Waals surface area contributed by atoms with Gasteiger partial charge in [-0.1, -0.05) is 42.5 Å². The maximum atomic E-state index is 13.1. The SMILES string of the molecule is O=C(CCc1ccccc1)NCCN1CCN(c2nc(Cc3ccc(F)cc3)ns2)CC1. The lowest BCUT2D eigenvalue weighted by Gasteiger charge is -2.34. The second kappa shape index (κ2) is 11.2. The van der Waals surface area contributed by atoms with Crippen LogP contribution < -0.4 is 10.2 Å². The van der Waals surface area contributed by atoms with E-state index in [4.69, 9.17) is 0 Å². The van der Waals surface area contributed by atoms with Gasteiger partial charge in [0.1, 0.15) is 11.6 Å². The zero-order valence-electron chi connectivity index (χ0n) is 18.0. The summed E-state index contributed by atoms with van der Waals surface area (Å²) in [5.74, 6) is 0.651. The van der Waals surface area contributed by atoms with Gasteiger partial charge >= 0.3 is 0 Å². The maximum Gasteiger partial charge on any atom is 0.220 e. The molecule has 3 aromatic rings. The van der Waals surface area contributed by atoms with Crippen LogP contribution in [0.15, 0.2) is 54.6 Å². The molecule has 1 aromatic heterocycles.